The summed E-state index contributed by atoms with van der Waals surface area (Å²) in [6, 6.07) is 13.2. The maximum Gasteiger partial charge on any atom is 0.231 e. The van der Waals surface area contributed by atoms with Gasteiger partial charge < -0.3 is 19.5 Å². The molecule has 1 amide bonds. The highest BCUT2D eigenvalue weighted by atomic mass is 16.7. The molecule has 2 aliphatic heterocycles. The zero-order valence-electron chi connectivity index (χ0n) is 11.6. The van der Waals surface area contributed by atoms with Gasteiger partial charge in [-0.3, -0.25) is 4.79 Å². The van der Waals surface area contributed by atoms with Crippen LogP contribution in [0.2, 0.25) is 0 Å². The number of anilines is 1. The van der Waals surface area contributed by atoms with Crippen LogP contribution in [0.5, 0.6) is 17.2 Å². The van der Waals surface area contributed by atoms with Crippen LogP contribution < -0.4 is 19.5 Å². The molecule has 5 nitrogen and oxygen atoms in total. The van der Waals surface area contributed by atoms with Crippen molar-refractivity contribution in [1.82, 2.24) is 0 Å². The first-order chi connectivity index (χ1) is 10.3. The highest BCUT2D eigenvalue weighted by Gasteiger charge is 2.15. The molecule has 108 valence electrons. The van der Waals surface area contributed by atoms with E-state index in [0.29, 0.717) is 13.2 Å². The van der Waals surface area contributed by atoms with Crippen LogP contribution in [0.3, 0.4) is 0 Å². The van der Waals surface area contributed by atoms with Crippen molar-refractivity contribution in [2.45, 2.75) is 6.42 Å². The molecular weight excluding hydrogens is 270 g/mol. The van der Waals surface area contributed by atoms with Crippen LogP contribution >= 0.6 is 0 Å². The molecule has 0 bridgehead atoms. The van der Waals surface area contributed by atoms with E-state index >= 15 is 0 Å². The summed E-state index contributed by atoms with van der Waals surface area (Å²) in [6.07, 6.45) is 0.538. The van der Waals surface area contributed by atoms with E-state index in [9.17, 15) is 4.79 Å². The molecular formula is C16H15NO4. The summed E-state index contributed by atoms with van der Waals surface area (Å²) < 4.78 is 15.3. The number of methoxy groups -OCH3 is 1. The number of carbonyl (C=O) groups excluding carboxylic acids is 1. The maximum absolute atomic E-state index is 10.8. The molecule has 0 radical (unpaired) electrons. The van der Waals surface area contributed by atoms with E-state index in [-0.39, 0.29) is 5.91 Å². The number of benzene rings is 2. The van der Waals surface area contributed by atoms with Gasteiger partial charge in [0.25, 0.3) is 0 Å². The Balaban J connectivity index is 0.000000126. The molecule has 1 N–H and O–H groups in total. The van der Waals surface area contributed by atoms with Gasteiger partial charge in [0.1, 0.15) is 5.75 Å². The standard InChI is InChI=1S/C8H7NO.C8H8O3/c10-8-5-6-3-1-2-4-7(6)9-8;1-9-6-2-3-7-8(4-6)11-5-10-7/h1-4H,5H2,(H,9,10);2-4H,5H2,1H3. The first kappa shape index (κ1) is 13.3. The third-order valence-corrected chi connectivity index (χ3v) is 3.22. The van der Waals surface area contributed by atoms with Gasteiger partial charge in [-0.05, 0) is 23.8 Å². The number of carbonyl (C=O) groups is 1. The Bertz CT molecular complexity index is 642. The fourth-order valence-electron chi connectivity index (χ4n) is 2.17. The van der Waals surface area contributed by atoms with Gasteiger partial charge in [-0.2, -0.15) is 0 Å². The summed E-state index contributed by atoms with van der Waals surface area (Å²) in [7, 11) is 1.62. The Hall–Kier alpha value is -2.69. The average Bonchev–Trinajstić information content (AvgIpc) is 3.11. The van der Waals surface area contributed by atoms with E-state index in [4.69, 9.17) is 14.2 Å². The minimum atomic E-state index is 0.0983. The van der Waals surface area contributed by atoms with Crippen LogP contribution in [-0.2, 0) is 11.2 Å². The molecule has 0 unspecified atom stereocenters. The number of nitrogens with one attached hydrogen (secondary N) is 1. The fraction of sp³-hybridized carbons (Fsp3) is 0.188. The smallest absolute Gasteiger partial charge is 0.231 e. The lowest BCUT2D eigenvalue weighted by molar-refractivity contribution is -0.115. The Kier molecular flexibility index (Phi) is 3.64. The van der Waals surface area contributed by atoms with Gasteiger partial charge in [0, 0.05) is 11.8 Å². The largest absolute Gasteiger partial charge is 0.497 e. The van der Waals surface area contributed by atoms with Gasteiger partial charge in [0.2, 0.25) is 12.7 Å². The number of amides is 1. The molecule has 0 aliphatic carbocycles. The summed E-state index contributed by atoms with van der Waals surface area (Å²) in [5.74, 6) is 2.42. The van der Waals surface area contributed by atoms with Crippen LogP contribution in [0.4, 0.5) is 5.69 Å². The van der Waals surface area contributed by atoms with Crippen molar-refractivity contribution in [2.75, 3.05) is 19.2 Å². The highest BCUT2D eigenvalue weighted by molar-refractivity contribution is 5.98. The van der Waals surface area contributed by atoms with E-state index in [1.807, 2.05) is 42.5 Å². The number of para-hydroxylation sites is 1. The Morgan fingerprint density at radius 1 is 1.10 bits per heavy atom. The van der Waals surface area contributed by atoms with Gasteiger partial charge in [-0.15, -0.1) is 0 Å². The lowest BCUT2D eigenvalue weighted by Gasteiger charge is -1.99. The lowest BCUT2D eigenvalue weighted by atomic mass is 10.2. The third-order valence-electron chi connectivity index (χ3n) is 3.22. The van der Waals surface area contributed by atoms with Gasteiger partial charge in [-0.25, -0.2) is 0 Å². The van der Waals surface area contributed by atoms with Crippen LogP contribution in [0.25, 0.3) is 0 Å². The molecule has 0 saturated carbocycles. The highest BCUT2D eigenvalue weighted by Crippen LogP contribution is 2.34. The number of rotatable bonds is 1. The second kappa shape index (κ2) is 5.75. The maximum atomic E-state index is 10.8. The zero-order valence-corrected chi connectivity index (χ0v) is 11.6. The SMILES string of the molecule is COc1ccc2c(c1)OCO2.O=C1Cc2ccccc2N1. The number of hydrogen-bond donors (Lipinski definition) is 1. The van der Waals surface area contributed by atoms with Crippen molar-refractivity contribution in [3.63, 3.8) is 0 Å². The Morgan fingerprint density at radius 2 is 1.90 bits per heavy atom. The van der Waals surface area contributed by atoms with Crippen LogP contribution in [0.15, 0.2) is 42.5 Å². The summed E-state index contributed by atoms with van der Waals surface area (Å²) in [4.78, 5) is 10.8. The second-order valence-corrected chi connectivity index (χ2v) is 4.60. The molecule has 0 saturated heterocycles. The van der Waals surface area contributed by atoms with Gasteiger partial charge in [-0.1, -0.05) is 18.2 Å². The summed E-state index contributed by atoms with van der Waals surface area (Å²) >= 11 is 0. The molecule has 4 rings (SSSR count). The minimum Gasteiger partial charge on any atom is -0.497 e. The number of hydrogen-bond acceptors (Lipinski definition) is 4. The number of fused-ring (bicyclic) bond motifs is 2. The summed E-state index contributed by atoms with van der Waals surface area (Å²) in [6.45, 7) is 0.308. The van der Waals surface area contributed by atoms with Crippen molar-refractivity contribution in [3.05, 3.63) is 48.0 Å². The topological polar surface area (TPSA) is 56.8 Å². The molecule has 0 spiro atoms. The van der Waals surface area contributed by atoms with E-state index in [1.54, 1.807) is 7.11 Å². The van der Waals surface area contributed by atoms with Crippen LogP contribution in [-0.4, -0.2) is 19.8 Å². The summed E-state index contributed by atoms with van der Waals surface area (Å²) in [5.41, 5.74) is 2.07. The monoisotopic (exact) mass is 285 g/mol. The Labute approximate surface area is 122 Å². The molecule has 5 heteroatoms. The first-order valence-corrected chi connectivity index (χ1v) is 6.57. The number of ether oxygens (including phenoxy) is 3. The molecule has 2 aromatic rings. The van der Waals surface area contributed by atoms with Gasteiger partial charge in [0.15, 0.2) is 11.5 Å². The average molecular weight is 285 g/mol. The van der Waals surface area contributed by atoms with Crippen molar-refractivity contribution in [2.24, 2.45) is 0 Å². The quantitative estimate of drug-likeness (QED) is 0.875. The van der Waals surface area contributed by atoms with Gasteiger partial charge in [0.05, 0.1) is 13.5 Å². The molecule has 2 aromatic carbocycles. The van der Waals surface area contributed by atoms with Crippen molar-refractivity contribution in [3.8, 4) is 17.2 Å². The molecule has 0 aromatic heterocycles. The summed E-state index contributed by atoms with van der Waals surface area (Å²) in [5, 5.41) is 2.76. The second-order valence-electron chi connectivity index (χ2n) is 4.60. The first-order valence-electron chi connectivity index (χ1n) is 6.57. The van der Waals surface area contributed by atoms with Crippen molar-refractivity contribution >= 4 is 11.6 Å². The van der Waals surface area contributed by atoms with Crippen molar-refractivity contribution < 1.29 is 19.0 Å². The fourth-order valence-corrected chi connectivity index (χ4v) is 2.17. The predicted octanol–water partition coefficient (Wildman–Crippen LogP) is 2.61. The van der Waals surface area contributed by atoms with Crippen molar-refractivity contribution in [1.29, 1.82) is 0 Å². The Morgan fingerprint density at radius 3 is 2.71 bits per heavy atom. The minimum absolute atomic E-state index is 0.0983. The zero-order chi connectivity index (χ0) is 14.7. The van der Waals surface area contributed by atoms with E-state index in [2.05, 4.69) is 5.32 Å². The molecule has 2 heterocycles. The normalized spacial score (nSPS) is 13.9. The van der Waals surface area contributed by atoms with E-state index in [0.717, 1.165) is 28.5 Å². The van der Waals surface area contributed by atoms with Crippen LogP contribution in [0.1, 0.15) is 5.56 Å². The lowest BCUT2D eigenvalue weighted by Crippen LogP contribution is -2.03. The molecule has 0 atom stereocenters. The van der Waals surface area contributed by atoms with E-state index < -0.39 is 0 Å². The van der Waals surface area contributed by atoms with E-state index in [1.165, 1.54) is 0 Å². The van der Waals surface area contributed by atoms with Gasteiger partial charge >= 0.3 is 0 Å². The molecule has 0 fully saturated rings. The molecule has 21 heavy (non-hydrogen) atoms. The molecule has 2 aliphatic rings. The third kappa shape index (κ3) is 2.91. The van der Waals surface area contributed by atoms with Crippen LogP contribution in [0, 0.1) is 0 Å². The predicted molar refractivity (Wildman–Crippen MR) is 77.9 cm³/mol.